The minimum absolute atomic E-state index is 0. The Morgan fingerprint density at radius 2 is 1.38 bits per heavy atom. The molecule has 1 unspecified atom stereocenters. The standard InChI is InChI=1S/C43H43F2N3O4.BrH/c1-30-24-36(25-31(2)43(30)52-41-18-17-40(27-46-41)50-29-35-8-11-37(44)12-9-35)10-19-42(49)48-22-20-47(21-23-48)28-34-6-4-33(5-7-34)26-32(3)51-39-15-13-38(45)14-16-39;/h4-19,24-25,27,32H,20-23,26,28-29H2,1-3H3;1H/b19-10+;. The molecule has 1 amide bonds. The van der Waals surface area contributed by atoms with Gasteiger partial charge in [0.2, 0.25) is 11.8 Å². The van der Waals surface area contributed by atoms with Crippen LogP contribution in [0, 0.1) is 25.5 Å². The fourth-order valence-electron chi connectivity index (χ4n) is 6.16. The fourth-order valence-corrected chi connectivity index (χ4v) is 6.16. The van der Waals surface area contributed by atoms with Gasteiger partial charge in [0.05, 0.1) is 12.3 Å². The second-order valence-electron chi connectivity index (χ2n) is 13.2. The van der Waals surface area contributed by atoms with Crippen LogP contribution >= 0.6 is 17.0 Å². The summed E-state index contributed by atoms with van der Waals surface area (Å²) in [5.74, 6) is 1.85. The monoisotopic (exact) mass is 783 g/mol. The second kappa shape index (κ2) is 18.6. The van der Waals surface area contributed by atoms with E-state index in [4.69, 9.17) is 14.2 Å². The highest BCUT2D eigenvalue weighted by molar-refractivity contribution is 8.93. The number of pyridine rings is 1. The number of hydrogen-bond donors (Lipinski definition) is 0. The molecule has 0 bridgehead atoms. The molecule has 0 saturated carbocycles. The maximum atomic E-state index is 13.2. The van der Waals surface area contributed by atoms with E-state index in [9.17, 15) is 13.6 Å². The normalized spacial score (nSPS) is 13.7. The highest BCUT2D eigenvalue weighted by atomic mass is 79.9. The van der Waals surface area contributed by atoms with Gasteiger partial charge >= 0.3 is 0 Å². The zero-order valence-corrected chi connectivity index (χ0v) is 31.8. The van der Waals surface area contributed by atoms with Gasteiger partial charge in [0.25, 0.3) is 0 Å². The summed E-state index contributed by atoms with van der Waals surface area (Å²) in [6, 6.07) is 28.4. The highest BCUT2D eigenvalue weighted by Crippen LogP contribution is 2.30. The smallest absolute Gasteiger partial charge is 0.246 e. The first-order valence-corrected chi connectivity index (χ1v) is 17.5. The lowest BCUT2D eigenvalue weighted by Crippen LogP contribution is -2.47. The van der Waals surface area contributed by atoms with E-state index in [-0.39, 0.29) is 40.6 Å². The van der Waals surface area contributed by atoms with E-state index in [1.807, 2.05) is 43.9 Å². The van der Waals surface area contributed by atoms with E-state index in [1.165, 1.54) is 35.4 Å². The van der Waals surface area contributed by atoms with Crippen LogP contribution in [0.1, 0.15) is 40.3 Å². The first-order valence-electron chi connectivity index (χ1n) is 17.5. The Hall–Kier alpha value is -5.06. The van der Waals surface area contributed by atoms with Crippen molar-refractivity contribution >= 4 is 29.0 Å². The molecule has 0 spiro atoms. The molecule has 1 aliphatic rings. The predicted octanol–water partition coefficient (Wildman–Crippen LogP) is 9.29. The fraction of sp³-hybridized carbons (Fsp3) is 0.256. The molecule has 0 radical (unpaired) electrons. The van der Waals surface area contributed by atoms with Crippen molar-refractivity contribution in [1.29, 1.82) is 0 Å². The Labute approximate surface area is 320 Å². The summed E-state index contributed by atoms with van der Waals surface area (Å²) in [6.45, 7) is 10.1. The second-order valence-corrected chi connectivity index (χ2v) is 13.2. The third-order valence-corrected chi connectivity index (χ3v) is 8.92. The number of hydrogen-bond acceptors (Lipinski definition) is 6. The van der Waals surface area contributed by atoms with Crippen molar-refractivity contribution in [2.24, 2.45) is 0 Å². The molecule has 4 aromatic carbocycles. The van der Waals surface area contributed by atoms with E-state index in [0.29, 0.717) is 42.8 Å². The lowest BCUT2D eigenvalue weighted by molar-refractivity contribution is -0.127. The van der Waals surface area contributed by atoms with Crippen molar-refractivity contribution in [3.8, 4) is 23.1 Å². The van der Waals surface area contributed by atoms with Gasteiger partial charge in [-0.2, -0.15) is 0 Å². The van der Waals surface area contributed by atoms with E-state index >= 15 is 0 Å². The number of amides is 1. The van der Waals surface area contributed by atoms with Crippen molar-refractivity contribution in [2.45, 2.75) is 46.4 Å². The number of nitrogens with zero attached hydrogens (tertiary/aromatic N) is 3. The van der Waals surface area contributed by atoms with Crippen LogP contribution in [-0.4, -0.2) is 53.0 Å². The summed E-state index contributed by atoms with van der Waals surface area (Å²) < 4.78 is 44.1. The minimum atomic E-state index is -0.282. The number of carbonyl (C=O) groups is 1. The Balaban J connectivity index is 0.00000541. The van der Waals surface area contributed by atoms with Gasteiger partial charge in [0.15, 0.2) is 0 Å². The van der Waals surface area contributed by atoms with Gasteiger partial charge in [0, 0.05) is 51.3 Å². The van der Waals surface area contributed by atoms with Gasteiger partial charge in [-0.1, -0.05) is 36.4 Å². The van der Waals surface area contributed by atoms with Crippen LogP contribution in [0.15, 0.2) is 109 Å². The van der Waals surface area contributed by atoms with E-state index < -0.39 is 0 Å². The Morgan fingerprint density at radius 1 is 0.792 bits per heavy atom. The third kappa shape index (κ3) is 11.5. The molecule has 7 nitrogen and oxygen atoms in total. The van der Waals surface area contributed by atoms with Crippen molar-refractivity contribution in [3.05, 3.63) is 154 Å². The summed E-state index contributed by atoms with van der Waals surface area (Å²) in [6.07, 6.45) is 5.83. The summed E-state index contributed by atoms with van der Waals surface area (Å²) in [4.78, 5) is 21.7. The molecule has 2 heterocycles. The number of ether oxygens (including phenoxy) is 3. The van der Waals surface area contributed by atoms with Crippen LogP contribution in [0.4, 0.5) is 8.78 Å². The summed E-state index contributed by atoms with van der Waals surface area (Å²) in [5, 5.41) is 0. The lowest BCUT2D eigenvalue weighted by atomic mass is 10.0. The molecular weight excluding hydrogens is 740 g/mol. The average Bonchev–Trinajstić information content (AvgIpc) is 3.14. The van der Waals surface area contributed by atoms with E-state index in [2.05, 4.69) is 34.1 Å². The van der Waals surface area contributed by atoms with Crippen molar-refractivity contribution in [1.82, 2.24) is 14.8 Å². The number of aryl methyl sites for hydroxylation is 2. The molecule has 1 fully saturated rings. The first-order chi connectivity index (χ1) is 25.2. The minimum Gasteiger partial charge on any atom is -0.490 e. The molecule has 276 valence electrons. The zero-order chi connectivity index (χ0) is 36.5. The number of halogens is 3. The Kier molecular flexibility index (Phi) is 13.8. The summed E-state index contributed by atoms with van der Waals surface area (Å²) in [5.41, 5.74) is 6.06. The quantitative estimate of drug-likeness (QED) is 0.111. The van der Waals surface area contributed by atoms with Crippen LogP contribution in [-0.2, 0) is 24.4 Å². The van der Waals surface area contributed by atoms with Crippen molar-refractivity contribution < 1.29 is 27.8 Å². The molecular formula is C43H44BrF2N3O4. The molecule has 1 aliphatic heterocycles. The van der Waals surface area contributed by atoms with E-state index in [0.717, 1.165) is 48.3 Å². The van der Waals surface area contributed by atoms with Crippen LogP contribution in [0.2, 0.25) is 0 Å². The maximum absolute atomic E-state index is 13.2. The summed E-state index contributed by atoms with van der Waals surface area (Å²) >= 11 is 0. The van der Waals surface area contributed by atoms with Gasteiger partial charge in [-0.25, -0.2) is 13.8 Å². The largest absolute Gasteiger partial charge is 0.490 e. The van der Waals surface area contributed by atoms with Crippen LogP contribution in [0.5, 0.6) is 23.1 Å². The zero-order valence-electron chi connectivity index (χ0n) is 30.1. The van der Waals surface area contributed by atoms with Crippen LogP contribution < -0.4 is 14.2 Å². The number of benzene rings is 4. The van der Waals surface area contributed by atoms with Gasteiger partial charge in [-0.05, 0) is 115 Å². The van der Waals surface area contributed by atoms with Gasteiger partial charge in [-0.15, -0.1) is 17.0 Å². The first kappa shape index (κ1) is 39.2. The Bertz CT molecular complexity index is 1940. The van der Waals surface area contributed by atoms with Crippen LogP contribution in [0.3, 0.4) is 0 Å². The van der Waals surface area contributed by atoms with E-state index in [1.54, 1.807) is 48.7 Å². The third-order valence-electron chi connectivity index (χ3n) is 8.92. The molecule has 10 heteroatoms. The molecule has 1 atom stereocenters. The predicted molar refractivity (Wildman–Crippen MR) is 209 cm³/mol. The summed E-state index contributed by atoms with van der Waals surface area (Å²) in [7, 11) is 0. The van der Waals surface area contributed by atoms with Crippen molar-refractivity contribution in [3.63, 3.8) is 0 Å². The van der Waals surface area contributed by atoms with Gasteiger partial charge < -0.3 is 19.1 Å². The van der Waals surface area contributed by atoms with Gasteiger partial charge in [-0.3, -0.25) is 9.69 Å². The molecule has 6 rings (SSSR count). The van der Waals surface area contributed by atoms with Gasteiger partial charge in [0.1, 0.15) is 35.5 Å². The molecule has 5 aromatic rings. The van der Waals surface area contributed by atoms with Crippen LogP contribution in [0.25, 0.3) is 6.08 Å². The number of rotatable bonds is 13. The molecule has 1 saturated heterocycles. The Morgan fingerprint density at radius 3 is 2.00 bits per heavy atom. The highest BCUT2D eigenvalue weighted by Gasteiger charge is 2.20. The number of piperazine rings is 1. The number of carbonyl (C=O) groups excluding carboxylic acids is 1. The number of aromatic nitrogens is 1. The van der Waals surface area contributed by atoms with Crippen molar-refractivity contribution in [2.75, 3.05) is 26.2 Å². The molecule has 0 N–H and O–H groups in total. The molecule has 53 heavy (non-hydrogen) atoms. The lowest BCUT2D eigenvalue weighted by Gasteiger charge is -2.34. The molecule has 1 aromatic heterocycles. The SMILES string of the molecule is Br.Cc1cc(/C=C/C(=O)N2CCN(Cc3ccc(CC(C)Oc4ccc(F)cc4)cc3)CC2)cc(C)c1Oc1ccc(OCc2ccc(F)cc2)cn1. The average molecular weight is 785 g/mol. The molecule has 0 aliphatic carbocycles. The topological polar surface area (TPSA) is 64.1 Å². The maximum Gasteiger partial charge on any atom is 0.246 e.